The Balaban J connectivity index is 1.73. The molecule has 2 saturated heterocycles. The average Bonchev–Trinajstić information content (AvgIpc) is 2.99. The Morgan fingerprint density at radius 1 is 1.14 bits per heavy atom. The summed E-state index contributed by atoms with van der Waals surface area (Å²) in [5.41, 5.74) is 1.21. The fourth-order valence-corrected chi connectivity index (χ4v) is 6.26. The van der Waals surface area contributed by atoms with Crippen LogP contribution in [0.5, 0.6) is 0 Å². The van der Waals surface area contributed by atoms with Gasteiger partial charge in [-0.1, -0.05) is 37.3 Å². The van der Waals surface area contributed by atoms with Crippen LogP contribution in [0.25, 0.3) is 0 Å². The normalized spacial score (nSPS) is 33.8. The zero-order valence-electron chi connectivity index (χ0n) is 17.3. The third kappa shape index (κ3) is 3.04. The Morgan fingerprint density at radius 3 is 2.46 bits per heavy atom. The molecule has 2 aliphatic heterocycles. The lowest BCUT2D eigenvalue weighted by Gasteiger charge is -2.52. The van der Waals surface area contributed by atoms with E-state index in [2.05, 4.69) is 28.9 Å². The molecule has 2 amide bonds. The molecule has 3 aliphatic rings. The van der Waals surface area contributed by atoms with Gasteiger partial charge < -0.3 is 14.5 Å². The van der Waals surface area contributed by atoms with E-state index in [1.54, 1.807) is 6.92 Å². The molecule has 28 heavy (non-hydrogen) atoms. The molecule has 5 heteroatoms. The number of hydrogen-bond donors (Lipinski definition) is 0. The molecule has 0 unspecified atom stereocenters. The highest BCUT2D eigenvalue weighted by molar-refractivity contribution is 5.80. The first-order chi connectivity index (χ1) is 13.5. The molecule has 0 N–H and O–H groups in total. The van der Waals surface area contributed by atoms with Crippen molar-refractivity contribution in [2.24, 2.45) is 5.41 Å². The van der Waals surface area contributed by atoms with Gasteiger partial charge in [-0.3, -0.25) is 9.59 Å². The molecule has 4 rings (SSSR count). The number of likely N-dealkylation sites (tertiary alicyclic amines) is 2. The topological polar surface area (TPSA) is 49.9 Å². The van der Waals surface area contributed by atoms with Crippen molar-refractivity contribution < 1.29 is 14.3 Å². The number of amides is 2. The van der Waals surface area contributed by atoms with Crippen molar-refractivity contribution in [1.29, 1.82) is 0 Å². The summed E-state index contributed by atoms with van der Waals surface area (Å²) in [7, 11) is 0. The minimum absolute atomic E-state index is 0.0103. The second-order valence-corrected chi connectivity index (χ2v) is 8.86. The van der Waals surface area contributed by atoms with Gasteiger partial charge in [0, 0.05) is 31.0 Å². The van der Waals surface area contributed by atoms with E-state index in [4.69, 9.17) is 4.74 Å². The van der Waals surface area contributed by atoms with Crippen molar-refractivity contribution in [1.82, 2.24) is 9.80 Å². The summed E-state index contributed by atoms with van der Waals surface area (Å²) in [6.07, 6.45) is 4.92. The Hall–Kier alpha value is -1.88. The second-order valence-electron chi connectivity index (χ2n) is 8.86. The van der Waals surface area contributed by atoms with Crippen LogP contribution in [0.15, 0.2) is 30.3 Å². The Kier molecular flexibility index (Phi) is 5.21. The predicted molar refractivity (Wildman–Crippen MR) is 108 cm³/mol. The van der Waals surface area contributed by atoms with Crippen LogP contribution in [-0.2, 0) is 20.7 Å². The van der Waals surface area contributed by atoms with Gasteiger partial charge in [-0.2, -0.15) is 0 Å². The lowest BCUT2D eigenvalue weighted by molar-refractivity contribution is -0.144. The quantitative estimate of drug-likeness (QED) is 0.784. The minimum atomic E-state index is -0.0103. The second kappa shape index (κ2) is 7.51. The van der Waals surface area contributed by atoms with Crippen LogP contribution >= 0.6 is 0 Å². The van der Waals surface area contributed by atoms with Gasteiger partial charge in [-0.25, -0.2) is 0 Å². The Bertz CT molecular complexity index is 737. The van der Waals surface area contributed by atoms with Crippen LogP contribution in [0.2, 0.25) is 0 Å². The van der Waals surface area contributed by atoms with Gasteiger partial charge in [0.25, 0.3) is 0 Å². The monoisotopic (exact) mass is 384 g/mol. The van der Waals surface area contributed by atoms with Gasteiger partial charge in [-0.15, -0.1) is 0 Å². The number of carbonyl (C=O) groups is 2. The summed E-state index contributed by atoms with van der Waals surface area (Å²) in [5.74, 6) is 0.228. The van der Waals surface area contributed by atoms with E-state index in [-0.39, 0.29) is 48.0 Å². The first-order valence-corrected chi connectivity index (χ1v) is 10.7. The SMILES string of the molecule is CCOCC(=O)N1[C@H]2CCC[C@H]3N(C(C)=O)[C@H](Cc4ccccc4)[C@@H]1C[C@@]23C. The molecule has 5 nitrogen and oxygen atoms in total. The first-order valence-electron chi connectivity index (χ1n) is 10.7. The van der Waals surface area contributed by atoms with Crippen molar-refractivity contribution >= 4 is 11.8 Å². The lowest BCUT2D eigenvalue weighted by Crippen LogP contribution is -2.62. The number of ether oxygens (including phenoxy) is 1. The van der Waals surface area contributed by atoms with Crippen LogP contribution in [-0.4, -0.2) is 59.0 Å². The number of rotatable bonds is 5. The predicted octanol–water partition coefficient (Wildman–Crippen LogP) is 3.02. The molecular weight excluding hydrogens is 352 g/mol. The third-order valence-corrected chi connectivity index (χ3v) is 7.33. The summed E-state index contributed by atoms with van der Waals surface area (Å²) in [6.45, 7) is 6.60. The molecule has 0 radical (unpaired) electrons. The van der Waals surface area contributed by atoms with Gasteiger partial charge in [-0.05, 0) is 44.6 Å². The van der Waals surface area contributed by atoms with Crippen molar-refractivity contribution in [3.8, 4) is 0 Å². The van der Waals surface area contributed by atoms with E-state index in [1.807, 2.05) is 25.1 Å². The molecule has 3 fully saturated rings. The summed E-state index contributed by atoms with van der Waals surface area (Å²) < 4.78 is 5.48. The zero-order chi connectivity index (χ0) is 19.9. The zero-order valence-corrected chi connectivity index (χ0v) is 17.3. The largest absolute Gasteiger partial charge is 0.372 e. The summed E-state index contributed by atoms with van der Waals surface area (Å²) in [4.78, 5) is 30.2. The van der Waals surface area contributed by atoms with E-state index < -0.39 is 0 Å². The summed E-state index contributed by atoms with van der Waals surface area (Å²) in [5, 5.41) is 0. The Labute approximate surface area is 168 Å². The first kappa shape index (κ1) is 19.4. The van der Waals surface area contributed by atoms with Gasteiger partial charge in [0.05, 0.1) is 12.1 Å². The van der Waals surface area contributed by atoms with Gasteiger partial charge >= 0.3 is 0 Å². The maximum Gasteiger partial charge on any atom is 0.249 e. The minimum Gasteiger partial charge on any atom is -0.372 e. The van der Waals surface area contributed by atoms with E-state index >= 15 is 0 Å². The number of hydrogen-bond acceptors (Lipinski definition) is 3. The average molecular weight is 385 g/mol. The van der Waals surface area contributed by atoms with E-state index in [0.29, 0.717) is 6.61 Å². The van der Waals surface area contributed by atoms with E-state index in [9.17, 15) is 9.59 Å². The van der Waals surface area contributed by atoms with E-state index in [0.717, 1.165) is 32.1 Å². The smallest absolute Gasteiger partial charge is 0.249 e. The van der Waals surface area contributed by atoms with Crippen molar-refractivity contribution in [3.05, 3.63) is 35.9 Å². The summed E-state index contributed by atoms with van der Waals surface area (Å²) in [6, 6.07) is 10.9. The maximum atomic E-state index is 13.2. The highest BCUT2D eigenvalue weighted by atomic mass is 16.5. The molecule has 0 spiro atoms. The molecule has 152 valence electrons. The fourth-order valence-electron chi connectivity index (χ4n) is 6.26. The molecule has 1 aromatic carbocycles. The van der Waals surface area contributed by atoms with Crippen molar-refractivity contribution in [2.45, 2.75) is 77.0 Å². The molecule has 5 atom stereocenters. The highest BCUT2D eigenvalue weighted by Crippen LogP contribution is 2.56. The lowest BCUT2D eigenvalue weighted by atomic mass is 9.64. The van der Waals surface area contributed by atoms with Crippen LogP contribution in [0.4, 0.5) is 0 Å². The maximum absolute atomic E-state index is 13.2. The van der Waals surface area contributed by atoms with Crippen LogP contribution in [0.3, 0.4) is 0 Å². The molecule has 1 aliphatic carbocycles. The van der Waals surface area contributed by atoms with Crippen LogP contribution in [0.1, 0.15) is 52.0 Å². The number of fused-ring (bicyclic) bond motifs is 1. The number of benzene rings is 1. The number of nitrogens with zero attached hydrogens (tertiary/aromatic N) is 2. The van der Waals surface area contributed by atoms with Gasteiger partial charge in [0.2, 0.25) is 11.8 Å². The fraction of sp³-hybridized carbons (Fsp3) is 0.652. The van der Waals surface area contributed by atoms with Crippen molar-refractivity contribution in [3.63, 3.8) is 0 Å². The molecule has 2 bridgehead atoms. The van der Waals surface area contributed by atoms with Crippen LogP contribution in [0, 0.1) is 5.41 Å². The standard InChI is InChI=1S/C23H32N2O3/c1-4-28-15-22(27)25-19-14-23(3)20(11-8-12-21(23)25)24(16(2)26)18(19)13-17-9-6-5-7-10-17/h5-7,9-10,18-21H,4,8,11-15H2,1-3H3/t18-,19+,20-,21+,23-/m1/s1. The van der Waals surface area contributed by atoms with Gasteiger partial charge in [0.15, 0.2) is 0 Å². The molecule has 1 aromatic rings. The van der Waals surface area contributed by atoms with E-state index in [1.165, 1.54) is 5.56 Å². The van der Waals surface area contributed by atoms with Gasteiger partial charge in [0.1, 0.15) is 6.61 Å². The number of carbonyl (C=O) groups excluding carboxylic acids is 2. The van der Waals surface area contributed by atoms with Crippen molar-refractivity contribution in [2.75, 3.05) is 13.2 Å². The van der Waals surface area contributed by atoms with Crippen LogP contribution < -0.4 is 0 Å². The Morgan fingerprint density at radius 2 is 1.82 bits per heavy atom. The molecule has 2 heterocycles. The summed E-state index contributed by atoms with van der Waals surface area (Å²) >= 11 is 0. The third-order valence-electron chi connectivity index (χ3n) is 7.33. The number of piperidine rings is 1. The molecule has 1 saturated carbocycles. The molecule has 0 aromatic heterocycles. The molecular formula is C23H32N2O3. The highest BCUT2D eigenvalue weighted by Gasteiger charge is 2.64.